The van der Waals surface area contributed by atoms with Gasteiger partial charge in [0.15, 0.2) is 0 Å². The van der Waals surface area contributed by atoms with E-state index in [1.54, 1.807) is 55.5 Å². The third-order valence-electron chi connectivity index (χ3n) is 6.37. The van der Waals surface area contributed by atoms with Crippen molar-refractivity contribution in [2.75, 3.05) is 17.4 Å². The highest BCUT2D eigenvalue weighted by Crippen LogP contribution is 2.27. The van der Waals surface area contributed by atoms with Crippen LogP contribution in [-0.2, 0) is 26.2 Å². The van der Waals surface area contributed by atoms with E-state index in [0.717, 1.165) is 15.4 Å². The summed E-state index contributed by atoms with van der Waals surface area (Å²) in [6.07, 6.45) is 0. The number of aryl methyl sites for hydroxylation is 2. The van der Waals surface area contributed by atoms with E-state index in [0.29, 0.717) is 27.8 Å². The predicted octanol–water partition coefficient (Wildman–Crippen LogP) is 6.00. The van der Waals surface area contributed by atoms with Crippen LogP contribution in [0, 0.1) is 19.8 Å². The van der Waals surface area contributed by atoms with Gasteiger partial charge >= 0.3 is 0 Å². The minimum absolute atomic E-state index is 0.0260. The summed E-state index contributed by atoms with van der Waals surface area (Å²) in [5.41, 5.74) is 2.74. The zero-order valence-electron chi connectivity index (χ0n) is 23.3. The molecule has 0 unspecified atom stereocenters. The summed E-state index contributed by atoms with van der Waals surface area (Å²) in [7, 11) is -4.12. The van der Waals surface area contributed by atoms with Gasteiger partial charge in [-0.05, 0) is 74.2 Å². The fourth-order valence-electron chi connectivity index (χ4n) is 4.02. The minimum atomic E-state index is -4.12. The molecule has 1 N–H and O–H groups in total. The van der Waals surface area contributed by atoms with Gasteiger partial charge in [0.05, 0.1) is 20.6 Å². The van der Waals surface area contributed by atoms with Gasteiger partial charge in [0, 0.05) is 13.1 Å². The van der Waals surface area contributed by atoms with Gasteiger partial charge in [0.1, 0.15) is 12.6 Å². The van der Waals surface area contributed by atoms with Crippen molar-refractivity contribution in [1.82, 2.24) is 10.2 Å². The van der Waals surface area contributed by atoms with Crippen molar-refractivity contribution in [1.29, 1.82) is 0 Å². The molecule has 0 saturated carbocycles. The van der Waals surface area contributed by atoms with Crippen molar-refractivity contribution in [3.05, 3.63) is 93.5 Å². The van der Waals surface area contributed by atoms with Gasteiger partial charge in [-0.1, -0.05) is 72.9 Å². The smallest absolute Gasteiger partial charge is 0.264 e. The Bertz CT molecular complexity index is 1460. The number of anilines is 1. The standard InChI is InChI=1S/C30H35Cl2N3O4S/c1-20(2)17-33-30(37)23(5)34(18-24-11-14-27(31)28(32)16-24)29(36)19-35(25-8-6-7-22(4)15-25)40(38,39)26-12-9-21(3)10-13-26/h6-16,20,23H,17-19H2,1-5H3,(H,33,37)/t23-/m0/s1. The van der Waals surface area contributed by atoms with Crippen molar-refractivity contribution < 1.29 is 18.0 Å². The fraction of sp³-hybridized carbons (Fsp3) is 0.333. The lowest BCUT2D eigenvalue weighted by molar-refractivity contribution is -0.139. The number of halogens is 2. The van der Waals surface area contributed by atoms with E-state index in [-0.39, 0.29) is 23.3 Å². The largest absolute Gasteiger partial charge is 0.354 e. The number of benzene rings is 3. The average molecular weight is 605 g/mol. The van der Waals surface area contributed by atoms with Gasteiger partial charge in [-0.25, -0.2) is 8.42 Å². The van der Waals surface area contributed by atoms with Crippen LogP contribution in [0.1, 0.15) is 37.5 Å². The molecule has 2 amide bonds. The van der Waals surface area contributed by atoms with Crippen LogP contribution in [-0.4, -0.2) is 44.3 Å². The number of carbonyl (C=O) groups excluding carboxylic acids is 2. The molecule has 0 bridgehead atoms. The highest BCUT2D eigenvalue weighted by molar-refractivity contribution is 7.92. The van der Waals surface area contributed by atoms with Crippen LogP contribution in [0.4, 0.5) is 5.69 Å². The molecule has 0 fully saturated rings. The number of amides is 2. The Balaban J connectivity index is 2.03. The Morgan fingerprint density at radius 2 is 1.55 bits per heavy atom. The predicted molar refractivity (Wildman–Crippen MR) is 161 cm³/mol. The topological polar surface area (TPSA) is 86.8 Å². The maximum atomic E-state index is 14.0. The van der Waals surface area contributed by atoms with Crippen molar-refractivity contribution >= 4 is 50.7 Å². The molecule has 0 saturated heterocycles. The Morgan fingerprint density at radius 1 is 0.875 bits per heavy atom. The number of rotatable bonds is 11. The molecule has 3 aromatic rings. The minimum Gasteiger partial charge on any atom is -0.354 e. The lowest BCUT2D eigenvalue weighted by Gasteiger charge is -2.32. The quantitative estimate of drug-likeness (QED) is 0.291. The van der Waals surface area contributed by atoms with Crippen LogP contribution in [0.15, 0.2) is 71.6 Å². The second kappa shape index (κ2) is 13.5. The van der Waals surface area contributed by atoms with E-state index in [9.17, 15) is 18.0 Å². The first-order valence-electron chi connectivity index (χ1n) is 13.0. The molecular formula is C30H35Cl2N3O4S. The highest BCUT2D eigenvalue weighted by Gasteiger charge is 2.32. The molecule has 3 rings (SSSR count). The van der Waals surface area contributed by atoms with Crippen molar-refractivity contribution in [3.8, 4) is 0 Å². The van der Waals surface area contributed by atoms with E-state index >= 15 is 0 Å². The van der Waals surface area contributed by atoms with E-state index in [1.165, 1.54) is 17.0 Å². The first-order valence-corrected chi connectivity index (χ1v) is 15.2. The highest BCUT2D eigenvalue weighted by atomic mass is 35.5. The normalized spacial score (nSPS) is 12.2. The molecule has 0 heterocycles. The summed E-state index contributed by atoms with van der Waals surface area (Å²) in [4.78, 5) is 28.5. The number of hydrogen-bond acceptors (Lipinski definition) is 4. The van der Waals surface area contributed by atoms with Crippen LogP contribution in [0.25, 0.3) is 0 Å². The Kier molecular flexibility index (Phi) is 10.6. The van der Waals surface area contributed by atoms with Crippen LogP contribution >= 0.6 is 23.2 Å². The van der Waals surface area contributed by atoms with Crippen LogP contribution < -0.4 is 9.62 Å². The maximum absolute atomic E-state index is 14.0. The van der Waals surface area contributed by atoms with Crippen molar-refractivity contribution in [2.45, 2.75) is 52.1 Å². The molecule has 0 aliphatic carbocycles. The Labute approximate surface area is 247 Å². The van der Waals surface area contributed by atoms with E-state index in [2.05, 4.69) is 5.32 Å². The van der Waals surface area contributed by atoms with Gasteiger partial charge < -0.3 is 10.2 Å². The molecule has 0 radical (unpaired) electrons. The lowest BCUT2D eigenvalue weighted by Crippen LogP contribution is -2.51. The number of nitrogens with one attached hydrogen (secondary N) is 1. The average Bonchev–Trinajstić information content (AvgIpc) is 2.90. The summed E-state index contributed by atoms with van der Waals surface area (Å²) in [6.45, 7) is 9.23. The lowest BCUT2D eigenvalue weighted by atomic mass is 10.1. The molecule has 1 atom stereocenters. The monoisotopic (exact) mass is 603 g/mol. The van der Waals surface area contributed by atoms with Gasteiger partial charge in [-0.3, -0.25) is 13.9 Å². The Hall–Kier alpha value is -3.07. The van der Waals surface area contributed by atoms with Crippen molar-refractivity contribution in [3.63, 3.8) is 0 Å². The van der Waals surface area contributed by atoms with Gasteiger partial charge in [-0.15, -0.1) is 0 Å². The molecule has 0 aliphatic heterocycles. The number of carbonyl (C=O) groups is 2. The first kappa shape index (κ1) is 31.5. The summed E-state index contributed by atoms with van der Waals surface area (Å²) >= 11 is 12.3. The van der Waals surface area contributed by atoms with Crippen LogP contribution in [0.2, 0.25) is 10.0 Å². The van der Waals surface area contributed by atoms with Gasteiger partial charge in [-0.2, -0.15) is 0 Å². The molecular weight excluding hydrogens is 569 g/mol. The molecule has 0 aromatic heterocycles. The molecule has 0 spiro atoms. The van der Waals surface area contributed by atoms with E-state index in [4.69, 9.17) is 23.2 Å². The maximum Gasteiger partial charge on any atom is 0.264 e. The summed E-state index contributed by atoms with van der Waals surface area (Å²) < 4.78 is 28.8. The summed E-state index contributed by atoms with van der Waals surface area (Å²) in [5.74, 6) is -0.673. The second-order valence-corrected chi connectivity index (χ2v) is 12.9. The van der Waals surface area contributed by atoms with Crippen LogP contribution in [0.3, 0.4) is 0 Å². The molecule has 40 heavy (non-hydrogen) atoms. The molecule has 3 aromatic carbocycles. The molecule has 0 aliphatic rings. The zero-order chi connectivity index (χ0) is 29.6. The third-order valence-corrected chi connectivity index (χ3v) is 8.89. The Morgan fingerprint density at radius 3 is 2.15 bits per heavy atom. The second-order valence-electron chi connectivity index (χ2n) is 10.2. The number of nitrogens with zero attached hydrogens (tertiary/aromatic N) is 2. The SMILES string of the molecule is Cc1ccc(S(=O)(=O)N(CC(=O)N(Cc2ccc(Cl)c(Cl)c2)[C@@H](C)C(=O)NCC(C)C)c2cccc(C)c2)cc1. The number of sulfonamides is 1. The summed E-state index contributed by atoms with van der Waals surface area (Å²) in [5, 5.41) is 3.54. The van der Waals surface area contributed by atoms with Gasteiger partial charge in [0.25, 0.3) is 10.0 Å². The first-order chi connectivity index (χ1) is 18.8. The third kappa shape index (κ3) is 7.99. The van der Waals surface area contributed by atoms with Crippen molar-refractivity contribution in [2.24, 2.45) is 5.92 Å². The fourth-order valence-corrected chi connectivity index (χ4v) is 5.75. The summed E-state index contributed by atoms with van der Waals surface area (Å²) in [6, 6.07) is 17.5. The van der Waals surface area contributed by atoms with Gasteiger partial charge in [0.2, 0.25) is 11.8 Å². The van der Waals surface area contributed by atoms with E-state index < -0.39 is 28.5 Å². The number of hydrogen-bond donors (Lipinski definition) is 1. The van der Waals surface area contributed by atoms with Crippen LogP contribution in [0.5, 0.6) is 0 Å². The molecule has 7 nitrogen and oxygen atoms in total. The molecule has 214 valence electrons. The van der Waals surface area contributed by atoms with E-state index in [1.807, 2.05) is 33.8 Å². The molecule has 10 heteroatoms. The zero-order valence-corrected chi connectivity index (χ0v) is 25.6.